The van der Waals surface area contributed by atoms with E-state index in [1.165, 1.54) is 12.1 Å². The molecule has 0 aliphatic rings. The van der Waals surface area contributed by atoms with Crippen molar-refractivity contribution in [2.45, 2.75) is 13.0 Å². The Bertz CT molecular complexity index is 564. The van der Waals surface area contributed by atoms with Gasteiger partial charge in [0.25, 0.3) is 0 Å². The van der Waals surface area contributed by atoms with E-state index in [2.05, 4.69) is 29.3 Å². The third-order valence-corrected chi connectivity index (χ3v) is 2.91. The summed E-state index contributed by atoms with van der Waals surface area (Å²) in [6.07, 6.45) is 0. The molecule has 0 aromatic heterocycles. The van der Waals surface area contributed by atoms with Crippen LogP contribution in [0.5, 0.6) is 0 Å². The molecule has 0 aliphatic heterocycles. The molecule has 0 aliphatic carbocycles. The fourth-order valence-electron chi connectivity index (χ4n) is 1.97. The Labute approximate surface area is 113 Å². The van der Waals surface area contributed by atoms with Gasteiger partial charge in [0.15, 0.2) is 0 Å². The molecule has 0 heterocycles. The van der Waals surface area contributed by atoms with Gasteiger partial charge >= 0.3 is 0 Å². The molecular formula is C17H16FN. The average molecular weight is 253 g/mol. The van der Waals surface area contributed by atoms with Gasteiger partial charge in [0, 0.05) is 0 Å². The zero-order valence-corrected chi connectivity index (χ0v) is 10.9. The Morgan fingerprint density at radius 2 is 1.63 bits per heavy atom. The van der Waals surface area contributed by atoms with E-state index in [9.17, 15) is 4.39 Å². The fraction of sp³-hybridized carbons (Fsp3) is 0.176. The zero-order valence-electron chi connectivity index (χ0n) is 10.9. The molecule has 2 aromatic carbocycles. The van der Waals surface area contributed by atoms with Crippen LogP contribution in [0.25, 0.3) is 0 Å². The Morgan fingerprint density at radius 3 is 2.26 bits per heavy atom. The highest BCUT2D eigenvalue weighted by Gasteiger charge is 2.12. The molecule has 0 amide bonds. The third-order valence-electron chi connectivity index (χ3n) is 2.91. The molecule has 2 aromatic rings. The van der Waals surface area contributed by atoms with Gasteiger partial charge in [-0.2, -0.15) is 0 Å². The van der Waals surface area contributed by atoms with Crippen LogP contribution in [0.15, 0.2) is 54.6 Å². The first-order valence-corrected chi connectivity index (χ1v) is 6.24. The second kappa shape index (κ2) is 6.72. The topological polar surface area (TPSA) is 12.0 Å². The summed E-state index contributed by atoms with van der Waals surface area (Å²) in [5, 5.41) is 3.38. The molecule has 1 unspecified atom stereocenters. The summed E-state index contributed by atoms with van der Waals surface area (Å²) in [7, 11) is 0. The van der Waals surface area contributed by atoms with Crippen LogP contribution in [0.1, 0.15) is 24.1 Å². The maximum atomic E-state index is 13.0. The summed E-state index contributed by atoms with van der Waals surface area (Å²) < 4.78 is 13.0. The minimum atomic E-state index is -0.219. The maximum absolute atomic E-state index is 13.0. The van der Waals surface area contributed by atoms with Crippen LogP contribution in [0, 0.1) is 17.7 Å². The van der Waals surface area contributed by atoms with Crippen LogP contribution < -0.4 is 5.32 Å². The van der Waals surface area contributed by atoms with E-state index in [1.54, 1.807) is 12.1 Å². The van der Waals surface area contributed by atoms with Gasteiger partial charge in [-0.3, -0.25) is 5.32 Å². The van der Waals surface area contributed by atoms with Crippen molar-refractivity contribution < 1.29 is 4.39 Å². The quantitative estimate of drug-likeness (QED) is 0.822. The number of hydrogen-bond acceptors (Lipinski definition) is 1. The van der Waals surface area contributed by atoms with Gasteiger partial charge in [-0.15, -0.1) is 5.92 Å². The average Bonchev–Trinajstić information content (AvgIpc) is 2.46. The smallest absolute Gasteiger partial charge is 0.123 e. The Hall–Kier alpha value is -2.11. The number of nitrogens with one attached hydrogen (secondary N) is 1. The zero-order chi connectivity index (χ0) is 13.5. The van der Waals surface area contributed by atoms with Gasteiger partial charge in [-0.05, 0) is 30.2 Å². The molecule has 19 heavy (non-hydrogen) atoms. The van der Waals surface area contributed by atoms with Crippen LogP contribution in [-0.4, -0.2) is 6.54 Å². The lowest BCUT2D eigenvalue weighted by molar-refractivity contribution is 0.620. The van der Waals surface area contributed by atoms with Gasteiger partial charge in [0.2, 0.25) is 0 Å². The van der Waals surface area contributed by atoms with E-state index in [4.69, 9.17) is 0 Å². The highest BCUT2D eigenvalue weighted by atomic mass is 19.1. The number of halogens is 1. The molecule has 0 spiro atoms. The van der Waals surface area contributed by atoms with E-state index in [-0.39, 0.29) is 11.9 Å². The molecule has 0 fully saturated rings. The predicted octanol–water partition coefficient (Wildman–Crippen LogP) is 3.53. The van der Waals surface area contributed by atoms with Crippen LogP contribution in [-0.2, 0) is 0 Å². The molecule has 2 heteroatoms. The molecule has 0 bridgehead atoms. The van der Waals surface area contributed by atoms with E-state index >= 15 is 0 Å². The van der Waals surface area contributed by atoms with Gasteiger partial charge in [0.1, 0.15) is 5.82 Å². The first-order chi connectivity index (χ1) is 9.31. The van der Waals surface area contributed by atoms with Crippen molar-refractivity contribution in [1.29, 1.82) is 0 Å². The SMILES string of the molecule is CC#CCNC(c1ccccc1)c1ccc(F)cc1. The van der Waals surface area contributed by atoms with Crippen molar-refractivity contribution in [2.75, 3.05) is 6.54 Å². The molecule has 96 valence electrons. The molecule has 0 radical (unpaired) electrons. The summed E-state index contributed by atoms with van der Waals surface area (Å²) in [5.74, 6) is 5.64. The van der Waals surface area contributed by atoms with E-state index in [1.807, 2.05) is 25.1 Å². The first-order valence-electron chi connectivity index (χ1n) is 6.24. The lowest BCUT2D eigenvalue weighted by Crippen LogP contribution is -2.22. The summed E-state index contributed by atoms with van der Waals surface area (Å²) in [6.45, 7) is 2.42. The van der Waals surface area contributed by atoms with E-state index in [0.29, 0.717) is 6.54 Å². The Balaban J connectivity index is 2.27. The maximum Gasteiger partial charge on any atom is 0.123 e. The van der Waals surface area contributed by atoms with Crippen LogP contribution >= 0.6 is 0 Å². The summed E-state index contributed by atoms with van der Waals surface area (Å²) >= 11 is 0. The molecule has 0 saturated carbocycles. The Kier molecular flexibility index (Phi) is 4.72. The minimum absolute atomic E-state index is 0.0302. The third kappa shape index (κ3) is 3.67. The van der Waals surface area contributed by atoms with Crippen molar-refractivity contribution in [3.63, 3.8) is 0 Å². The van der Waals surface area contributed by atoms with Crippen LogP contribution in [0.3, 0.4) is 0 Å². The second-order valence-electron chi connectivity index (χ2n) is 4.20. The molecule has 2 rings (SSSR count). The molecule has 1 nitrogen and oxygen atoms in total. The second-order valence-corrected chi connectivity index (χ2v) is 4.20. The van der Waals surface area contributed by atoms with Gasteiger partial charge in [0.05, 0.1) is 12.6 Å². The summed E-state index contributed by atoms with van der Waals surface area (Å²) in [6, 6.07) is 16.7. The first kappa shape index (κ1) is 13.3. The molecular weight excluding hydrogens is 237 g/mol. The molecule has 1 atom stereocenters. The van der Waals surface area contributed by atoms with Crippen LogP contribution in [0.2, 0.25) is 0 Å². The van der Waals surface area contributed by atoms with Crippen molar-refractivity contribution in [1.82, 2.24) is 5.32 Å². The van der Waals surface area contributed by atoms with E-state index in [0.717, 1.165) is 11.1 Å². The Morgan fingerprint density at radius 1 is 1.00 bits per heavy atom. The van der Waals surface area contributed by atoms with E-state index < -0.39 is 0 Å². The lowest BCUT2D eigenvalue weighted by atomic mass is 9.99. The normalized spacial score (nSPS) is 11.5. The predicted molar refractivity (Wildman–Crippen MR) is 76.1 cm³/mol. The van der Waals surface area contributed by atoms with Crippen molar-refractivity contribution in [3.05, 3.63) is 71.5 Å². The minimum Gasteiger partial charge on any atom is -0.295 e. The van der Waals surface area contributed by atoms with Gasteiger partial charge < -0.3 is 0 Å². The van der Waals surface area contributed by atoms with Gasteiger partial charge in [-0.1, -0.05) is 48.4 Å². The summed E-state index contributed by atoms with van der Waals surface area (Å²) in [4.78, 5) is 0. The lowest BCUT2D eigenvalue weighted by Gasteiger charge is -2.18. The molecule has 0 saturated heterocycles. The van der Waals surface area contributed by atoms with Crippen LogP contribution in [0.4, 0.5) is 4.39 Å². The highest BCUT2D eigenvalue weighted by Crippen LogP contribution is 2.21. The summed E-state index contributed by atoms with van der Waals surface area (Å²) in [5.41, 5.74) is 2.18. The van der Waals surface area contributed by atoms with Crippen molar-refractivity contribution >= 4 is 0 Å². The van der Waals surface area contributed by atoms with Crippen molar-refractivity contribution in [3.8, 4) is 11.8 Å². The number of hydrogen-bond donors (Lipinski definition) is 1. The number of rotatable bonds is 4. The fourth-order valence-corrected chi connectivity index (χ4v) is 1.97. The number of benzene rings is 2. The van der Waals surface area contributed by atoms with Gasteiger partial charge in [-0.25, -0.2) is 4.39 Å². The monoisotopic (exact) mass is 253 g/mol. The van der Waals surface area contributed by atoms with Crippen molar-refractivity contribution in [2.24, 2.45) is 0 Å². The largest absolute Gasteiger partial charge is 0.295 e. The highest BCUT2D eigenvalue weighted by molar-refractivity contribution is 5.32. The molecule has 1 N–H and O–H groups in total. The standard InChI is InChI=1S/C17H16FN/c1-2-3-13-19-17(14-7-5-4-6-8-14)15-9-11-16(18)12-10-15/h4-12,17,19H,13H2,1H3.